The molecule has 5 heteroatoms. The maximum absolute atomic E-state index is 11.4. The zero-order valence-corrected chi connectivity index (χ0v) is 14.5. The molecule has 1 saturated heterocycles. The summed E-state index contributed by atoms with van der Waals surface area (Å²) in [4.78, 5) is 13.9. The van der Waals surface area contributed by atoms with Crippen molar-refractivity contribution in [3.63, 3.8) is 0 Å². The highest BCUT2D eigenvalue weighted by molar-refractivity contribution is 5.77. The van der Waals surface area contributed by atoms with E-state index in [9.17, 15) is 9.90 Å². The lowest BCUT2D eigenvalue weighted by atomic mass is 9.91. The lowest BCUT2D eigenvalue weighted by molar-refractivity contribution is -0.122. The number of likely N-dealkylation sites (tertiary alicyclic amines) is 1. The first kappa shape index (κ1) is 17.2. The first-order valence-corrected chi connectivity index (χ1v) is 9.05. The molecule has 1 aromatic rings. The second kappa shape index (κ2) is 7.53. The maximum Gasteiger partial charge on any atom is 0.257 e. The lowest BCUT2D eigenvalue weighted by Crippen LogP contribution is -2.47. The molecule has 1 spiro atoms. The van der Waals surface area contributed by atoms with Crippen molar-refractivity contribution in [1.82, 2.24) is 10.2 Å². The number of amides is 1. The summed E-state index contributed by atoms with van der Waals surface area (Å²) in [7, 11) is 0. The van der Waals surface area contributed by atoms with Crippen molar-refractivity contribution >= 4 is 5.91 Å². The SMILES string of the molecule is CCNC(=O)COc1ccc(CN2CCC(O)C23CCCC3)cc1. The molecule has 1 unspecified atom stereocenters. The number of aliphatic hydroxyl groups excluding tert-OH is 1. The van der Waals surface area contributed by atoms with E-state index >= 15 is 0 Å². The molecule has 1 saturated carbocycles. The Hall–Kier alpha value is -1.59. The fourth-order valence-corrected chi connectivity index (χ4v) is 4.16. The minimum atomic E-state index is -0.181. The summed E-state index contributed by atoms with van der Waals surface area (Å²) >= 11 is 0. The molecule has 3 rings (SSSR count). The molecule has 24 heavy (non-hydrogen) atoms. The molecule has 2 N–H and O–H groups in total. The molecular formula is C19H28N2O3. The predicted octanol–water partition coefficient (Wildman–Crippen LogP) is 2.08. The number of rotatable bonds is 6. The summed E-state index contributed by atoms with van der Waals surface area (Å²) in [6.07, 6.45) is 5.37. The van der Waals surface area contributed by atoms with Crippen LogP contribution in [0, 0.1) is 0 Å². The van der Waals surface area contributed by atoms with Gasteiger partial charge in [-0.3, -0.25) is 9.69 Å². The van der Waals surface area contributed by atoms with Gasteiger partial charge in [0.1, 0.15) is 5.75 Å². The highest BCUT2D eigenvalue weighted by Gasteiger charge is 2.49. The molecule has 2 fully saturated rings. The molecule has 1 aromatic carbocycles. The van der Waals surface area contributed by atoms with Crippen LogP contribution < -0.4 is 10.1 Å². The Morgan fingerprint density at radius 2 is 2.04 bits per heavy atom. The molecule has 1 aliphatic heterocycles. The highest BCUT2D eigenvalue weighted by Crippen LogP contribution is 2.43. The van der Waals surface area contributed by atoms with Gasteiger partial charge in [0.15, 0.2) is 6.61 Å². The molecular weight excluding hydrogens is 304 g/mol. The van der Waals surface area contributed by atoms with E-state index in [2.05, 4.69) is 22.3 Å². The molecule has 0 aromatic heterocycles. The monoisotopic (exact) mass is 332 g/mol. The quantitative estimate of drug-likeness (QED) is 0.837. The average molecular weight is 332 g/mol. The Morgan fingerprint density at radius 3 is 2.71 bits per heavy atom. The Morgan fingerprint density at radius 1 is 1.33 bits per heavy atom. The van der Waals surface area contributed by atoms with Crippen molar-refractivity contribution < 1.29 is 14.6 Å². The van der Waals surface area contributed by atoms with Gasteiger partial charge in [0.05, 0.1) is 6.10 Å². The van der Waals surface area contributed by atoms with E-state index in [1.54, 1.807) is 0 Å². The zero-order valence-electron chi connectivity index (χ0n) is 14.5. The Balaban J connectivity index is 1.57. The summed E-state index contributed by atoms with van der Waals surface area (Å²) in [6, 6.07) is 7.95. The number of likely N-dealkylation sites (N-methyl/N-ethyl adjacent to an activating group) is 1. The van der Waals surface area contributed by atoms with E-state index < -0.39 is 0 Å². The third-order valence-corrected chi connectivity index (χ3v) is 5.43. The van der Waals surface area contributed by atoms with Crippen molar-refractivity contribution in [2.45, 2.75) is 57.2 Å². The van der Waals surface area contributed by atoms with Crippen LogP contribution >= 0.6 is 0 Å². The van der Waals surface area contributed by atoms with Gasteiger partial charge >= 0.3 is 0 Å². The van der Waals surface area contributed by atoms with Gasteiger partial charge < -0.3 is 15.2 Å². The van der Waals surface area contributed by atoms with Crippen molar-refractivity contribution in [1.29, 1.82) is 0 Å². The highest BCUT2D eigenvalue weighted by atomic mass is 16.5. The third-order valence-electron chi connectivity index (χ3n) is 5.43. The van der Waals surface area contributed by atoms with Crippen LogP contribution in [0.2, 0.25) is 0 Å². The normalized spacial score (nSPS) is 22.8. The smallest absolute Gasteiger partial charge is 0.257 e. The number of hydrogen-bond donors (Lipinski definition) is 2. The maximum atomic E-state index is 11.4. The molecule has 1 atom stereocenters. The summed E-state index contributed by atoms with van der Waals surface area (Å²) < 4.78 is 5.49. The zero-order chi connectivity index (χ0) is 17.0. The van der Waals surface area contributed by atoms with E-state index in [0.29, 0.717) is 12.3 Å². The minimum Gasteiger partial charge on any atom is -0.484 e. The topological polar surface area (TPSA) is 61.8 Å². The molecule has 2 aliphatic rings. The molecule has 1 aliphatic carbocycles. The lowest BCUT2D eigenvalue weighted by Gasteiger charge is -2.37. The van der Waals surface area contributed by atoms with Crippen molar-refractivity contribution in [2.75, 3.05) is 19.7 Å². The van der Waals surface area contributed by atoms with E-state index in [0.717, 1.165) is 32.4 Å². The van der Waals surface area contributed by atoms with Crippen molar-refractivity contribution in [3.8, 4) is 5.75 Å². The average Bonchev–Trinajstić information content (AvgIpc) is 3.19. The van der Waals surface area contributed by atoms with E-state index in [4.69, 9.17) is 4.74 Å². The molecule has 0 radical (unpaired) electrons. The Kier molecular flexibility index (Phi) is 5.41. The minimum absolute atomic E-state index is 0.00735. The van der Waals surface area contributed by atoms with Crippen LogP contribution in [-0.2, 0) is 11.3 Å². The fraction of sp³-hybridized carbons (Fsp3) is 0.632. The predicted molar refractivity (Wildman–Crippen MR) is 92.9 cm³/mol. The Labute approximate surface area is 144 Å². The summed E-state index contributed by atoms with van der Waals surface area (Å²) in [6.45, 7) is 4.39. The summed E-state index contributed by atoms with van der Waals surface area (Å²) in [5.41, 5.74) is 1.23. The van der Waals surface area contributed by atoms with E-state index in [-0.39, 0.29) is 24.2 Å². The molecule has 5 nitrogen and oxygen atoms in total. The van der Waals surface area contributed by atoms with Gasteiger partial charge in [-0.15, -0.1) is 0 Å². The van der Waals surface area contributed by atoms with E-state index in [1.807, 2.05) is 19.1 Å². The molecule has 132 valence electrons. The van der Waals surface area contributed by atoms with Gasteiger partial charge in [-0.1, -0.05) is 25.0 Å². The van der Waals surface area contributed by atoms with Crippen LogP contribution in [0.5, 0.6) is 5.75 Å². The number of carbonyl (C=O) groups excluding carboxylic acids is 1. The molecule has 0 bridgehead atoms. The summed E-state index contributed by atoms with van der Waals surface area (Å²) in [5, 5.41) is 13.2. The number of nitrogens with one attached hydrogen (secondary N) is 1. The van der Waals surface area contributed by atoms with Crippen LogP contribution in [0.4, 0.5) is 0 Å². The third kappa shape index (κ3) is 3.57. The number of nitrogens with zero attached hydrogens (tertiary/aromatic N) is 1. The number of hydrogen-bond acceptors (Lipinski definition) is 4. The van der Waals surface area contributed by atoms with Crippen LogP contribution in [0.15, 0.2) is 24.3 Å². The standard InChI is InChI=1S/C19H28N2O3/c1-2-20-18(23)14-24-16-7-5-15(6-8-16)13-21-12-9-17(22)19(21)10-3-4-11-19/h5-8,17,22H,2-4,9-14H2,1H3,(H,20,23). The first-order valence-electron chi connectivity index (χ1n) is 9.05. The number of ether oxygens (including phenoxy) is 1. The Bertz CT molecular complexity index is 552. The number of aliphatic hydroxyl groups is 1. The van der Waals surface area contributed by atoms with Gasteiger partial charge in [0.2, 0.25) is 0 Å². The number of carbonyl (C=O) groups is 1. The van der Waals surface area contributed by atoms with Gasteiger partial charge in [-0.25, -0.2) is 0 Å². The van der Waals surface area contributed by atoms with Gasteiger partial charge in [-0.2, -0.15) is 0 Å². The van der Waals surface area contributed by atoms with Crippen molar-refractivity contribution in [3.05, 3.63) is 29.8 Å². The van der Waals surface area contributed by atoms with Gasteiger partial charge in [-0.05, 0) is 43.9 Å². The molecule has 1 heterocycles. The van der Waals surface area contributed by atoms with Crippen LogP contribution in [0.1, 0.15) is 44.6 Å². The van der Waals surface area contributed by atoms with Gasteiger partial charge in [0, 0.05) is 25.2 Å². The van der Waals surface area contributed by atoms with Crippen LogP contribution in [0.3, 0.4) is 0 Å². The van der Waals surface area contributed by atoms with Crippen LogP contribution in [0.25, 0.3) is 0 Å². The molecule has 1 amide bonds. The van der Waals surface area contributed by atoms with Crippen LogP contribution in [-0.4, -0.2) is 47.3 Å². The van der Waals surface area contributed by atoms with E-state index in [1.165, 1.54) is 18.4 Å². The van der Waals surface area contributed by atoms with Gasteiger partial charge in [0.25, 0.3) is 5.91 Å². The number of benzene rings is 1. The summed E-state index contributed by atoms with van der Waals surface area (Å²) in [5.74, 6) is 0.609. The fourth-order valence-electron chi connectivity index (χ4n) is 4.16. The first-order chi connectivity index (χ1) is 11.6. The second-order valence-electron chi connectivity index (χ2n) is 6.92. The largest absolute Gasteiger partial charge is 0.484 e. The second-order valence-corrected chi connectivity index (χ2v) is 6.92. The van der Waals surface area contributed by atoms with Crippen molar-refractivity contribution in [2.24, 2.45) is 0 Å².